The van der Waals surface area contributed by atoms with Gasteiger partial charge in [0.15, 0.2) is 0 Å². The first-order valence-electron chi connectivity index (χ1n) is 5.43. The van der Waals surface area contributed by atoms with Crippen molar-refractivity contribution in [2.24, 2.45) is 0 Å². The van der Waals surface area contributed by atoms with E-state index in [1.807, 2.05) is 22.6 Å². The molecule has 0 fully saturated rings. The summed E-state index contributed by atoms with van der Waals surface area (Å²) in [4.78, 5) is 23.0. The SMILES string of the molecule is CC(C)OC(=O)CNC(=O)c1ccc(N)c(I)c1. The van der Waals surface area contributed by atoms with E-state index in [0.29, 0.717) is 11.3 Å². The second-order valence-electron chi connectivity index (χ2n) is 3.96. The molecule has 0 aliphatic carbocycles. The molecule has 0 bridgehead atoms. The van der Waals surface area contributed by atoms with Crippen molar-refractivity contribution in [1.82, 2.24) is 5.32 Å². The highest BCUT2D eigenvalue weighted by Gasteiger charge is 2.10. The molecule has 3 N–H and O–H groups in total. The van der Waals surface area contributed by atoms with Gasteiger partial charge >= 0.3 is 5.97 Å². The van der Waals surface area contributed by atoms with Crippen LogP contribution < -0.4 is 11.1 Å². The largest absolute Gasteiger partial charge is 0.462 e. The first-order valence-corrected chi connectivity index (χ1v) is 6.50. The van der Waals surface area contributed by atoms with E-state index in [4.69, 9.17) is 10.5 Å². The summed E-state index contributed by atoms with van der Waals surface area (Å²) in [5.74, 6) is -0.780. The van der Waals surface area contributed by atoms with Gasteiger partial charge in [-0.05, 0) is 54.6 Å². The number of amides is 1. The lowest BCUT2D eigenvalue weighted by atomic mass is 10.2. The van der Waals surface area contributed by atoms with Crippen molar-refractivity contribution in [2.45, 2.75) is 20.0 Å². The number of ether oxygens (including phenoxy) is 1. The molecule has 1 aromatic carbocycles. The Kier molecular flexibility index (Phi) is 5.39. The molecule has 1 aromatic rings. The maximum atomic E-state index is 11.7. The van der Waals surface area contributed by atoms with Gasteiger partial charge in [0.25, 0.3) is 5.91 Å². The molecule has 6 heteroatoms. The topological polar surface area (TPSA) is 81.4 Å². The Morgan fingerprint density at radius 2 is 2.11 bits per heavy atom. The van der Waals surface area contributed by atoms with Gasteiger partial charge in [0.2, 0.25) is 0 Å². The number of benzene rings is 1. The summed E-state index contributed by atoms with van der Waals surface area (Å²) >= 11 is 2.04. The quantitative estimate of drug-likeness (QED) is 0.484. The third-order valence-corrected chi connectivity index (χ3v) is 2.96. The minimum atomic E-state index is -0.455. The Morgan fingerprint density at radius 3 is 2.67 bits per heavy atom. The highest BCUT2D eigenvalue weighted by Crippen LogP contribution is 2.16. The molecule has 0 aliphatic heterocycles. The molecule has 1 rings (SSSR count). The number of rotatable bonds is 4. The lowest BCUT2D eigenvalue weighted by Gasteiger charge is -2.09. The van der Waals surface area contributed by atoms with Gasteiger partial charge in [0.1, 0.15) is 6.54 Å². The second kappa shape index (κ2) is 6.58. The van der Waals surface area contributed by atoms with Crippen LogP contribution in [0.25, 0.3) is 0 Å². The van der Waals surface area contributed by atoms with Gasteiger partial charge in [-0.1, -0.05) is 0 Å². The van der Waals surface area contributed by atoms with Gasteiger partial charge in [-0.25, -0.2) is 0 Å². The van der Waals surface area contributed by atoms with Crippen molar-refractivity contribution in [3.05, 3.63) is 27.3 Å². The third-order valence-electron chi connectivity index (χ3n) is 2.02. The molecular weight excluding hydrogens is 347 g/mol. The summed E-state index contributed by atoms with van der Waals surface area (Å²) in [5, 5.41) is 2.49. The molecule has 0 aromatic heterocycles. The molecule has 0 radical (unpaired) electrons. The molecular formula is C12H15IN2O3. The molecule has 5 nitrogen and oxygen atoms in total. The summed E-state index contributed by atoms with van der Waals surface area (Å²) in [5.41, 5.74) is 6.73. The molecule has 0 heterocycles. The Bertz CT molecular complexity index is 461. The fourth-order valence-corrected chi connectivity index (χ4v) is 1.74. The molecule has 0 unspecified atom stereocenters. The summed E-state index contributed by atoms with van der Waals surface area (Å²) in [7, 11) is 0. The highest BCUT2D eigenvalue weighted by atomic mass is 127. The maximum Gasteiger partial charge on any atom is 0.325 e. The van der Waals surface area contributed by atoms with Gasteiger partial charge in [-0.2, -0.15) is 0 Å². The maximum absolute atomic E-state index is 11.7. The number of halogens is 1. The van der Waals surface area contributed by atoms with Crippen LogP contribution in [0.15, 0.2) is 18.2 Å². The third kappa shape index (κ3) is 4.52. The van der Waals surface area contributed by atoms with E-state index in [2.05, 4.69) is 5.32 Å². The molecule has 1 amide bonds. The molecule has 0 atom stereocenters. The molecule has 0 spiro atoms. The molecule has 0 saturated heterocycles. The van der Waals surface area contributed by atoms with Crippen molar-refractivity contribution in [3.8, 4) is 0 Å². The van der Waals surface area contributed by atoms with E-state index in [9.17, 15) is 9.59 Å². The molecule has 18 heavy (non-hydrogen) atoms. The standard InChI is InChI=1S/C12H15IN2O3/c1-7(2)18-11(16)6-15-12(17)8-3-4-10(14)9(13)5-8/h3-5,7H,6,14H2,1-2H3,(H,15,17). The summed E-state index contributed by atoms with van der Waals surface area (Å²) in [6, 6.07) is 4.93. The van der Waals surface area contributed by atoms with Crippen molar-refractivity contribution >= 4 is 40.2 Å². The lowest BCUT2D eigenvalue weighted by Crippen LogP contribution is -2.31. The van der Waals surface area contributed by atoms with Crippen LogP contribution in [-0.4, -0.2) is 24.5 Å². The zero-order valence-corrected chi connectivity index (χ0v) is 12.4. The average molecular weight is 362 g/mol. The second-order valence-corrected chi connectivity index (χ2v) is 5.12. The van der Waals surface area contributed by atoms with E-state index < -0.39 is 5.97 Å². The first kappa shape index (κ1) is 14.7. The summed E-state index contributed by atoms with van der Waals surface area (Å²) < 4.78 is 5.70. The minimum absolute atomic E-state index is 0.141. The molecule has 0 aliphatic rings. The number of esters is 1. The summed E-state index contributed by atoms with van der Waals surface area (Å²) in [6.07, 6.45) is -0.188. The number of nitrogens with two attached hydrogens (primary N) is 1. The Labute approximate surface area is 119 Å². The minimum Gasteiger partial charge on any atom is -0.462 e. The highest BCUT2D eigenvalue weighted by molar-refractivity contribution is 14.1. The van der Waals surface area contributed by atoms with E-state index in [0.717, 1.165) is 3.57 Å². The normalized spacial score (nSPS) is 10.2. The lowest BCUT2D eigenvalue weighted by molar-refractivity contribution is -0.146. The number of hydrogen-bond donors (Lipinski definition) is 2. The fourth-order valence-electron chi connectivity index (χ4n) is 1.23. The van der Waals surface area contributed by atoms with Gasteiger partial charge in [0.05, 0.1) is 6.10 Å². The Hall–Kier alpha value is -1.31. The van der Waals surface area contributed by atoms with Crippen LogP contribution in [0.4, 0.5) is 5.69 Å². The van der Waals surface area contributed by atoms with Crippen LogP contribution in [0.1, 0.15) is 24.2 Å². The van der Waals surface area contributed by atoms with Crippen LogP contribution >= 0.6 is 22.6 Å². The predicted molar refractivity (Wildman–Crippen MR) is 77.1 cm³/mol. The van der Waals surface area contributed by atoms with Crippen LogP contribution in [0.5, 0.6) is 0 Å². The Morgan fingerprint density at radius 1 is 1.44 bits per heavy atom. The van der Waals surface area contributed by atoms with Crippen molar-refractivity contribution in [1.29, 1.82) is 0 Å². The number of carbonyl (C=O) groups excluding carboxylic acids is 2. The fraction of sp³-hybridized carbons (Fsp3) is 0.333. The summed E-state index contributed by atoms with van der Waals surface area (Å²) in [6.45, 7) is 3.36. The number of carbonyl (C=O) groups is 2. The molecule has 98 valence electrons. The predicted octanol–water partition coefficient (Wildman–Crippen LogP) is 1.55. The van der Waals surface area contributed by atoms with Crippen molar-refractivity contribution < 1.29 is 14.3 Å². The van der Waals surface area contributed by atoms with Crippen LogP contribution in [0.3, 0.4) is 0 Å². The van der Waals surface area contributed by atoms with Crippen LogP contribution in [0.2, 0.25) is 0 Å². The first-order chi connectivity index (χ1) is 8.40. The van der Waals surface area contributed by atoms with Gasteiger partial charge in [-0.3, -0.25) is 9.59 Å². The van der Waals surface area contributed by atoms with E-state index in [-0.39, 0.29) is 18.6 Å². The van der Waals surface area contributed by atoms with Crippen LogP contribution in [0, 0.1) is 3.57 Å². The van der Waals surface area contributed by atoms with Crippen molar-refractivity contribution in [2.75, 3.05) is 12.3 Å². The number of nitrogen functional groups attached to an aromatic ring is 1. The van der Waals surface area contributed by atoms with Crippen molar-refractivity contribution in [3.63, 3.8) is 0 Å². The zero-order chi connectivity index (χ0) is 13.7. The smallest absolute Gasteiger partial charge is 0.325 e. The van der Waals surface area contributed by atoms with E-state index in [1.165, 1.54) is 0 Å². The number of nitrogens with one attached hydrogen (secondary N) is 1. The number of anilines is 1. The van der Waals surface area contributed by atoms with Gasteiger partial charge in [-0.15, -0.1) is 0 Å². The average Bonchev–Trinajstić information content (AvgIpc) is 2.28. The monoisotopic (exact) mass is 362 g/mol. The Balaban J connectivity index is 2.55. The zero-order valence-electron chi connectivity index (χ0n) is 10.2. The van der Waals surface area contributed by atoms with Gasteiger partial charge in [0, 0.05) is 14.8 Å². The van der Waals surface area contributed by atoms with Crippen LogP contribution in [-0.2, 0) is 9.53 Å². The number of hydrogen-bond acceptors (Lipinski definition) is 4. The van der Waals surface area contributed by atoms with E-state index >= 15 is 0 Å². The van der Waals surface area contributed by atoms with Gasteiger partial charge < -0.3 is 15.8 Å². The van der Waals surface area contributed by atoms with E-state index in [1.54, 1.807) is 32.0 Å². The molecule has 0 saturated carbocycles.